The van der Waals surface area contributed by atoms with Crippen LogP contribution in [0.3, 0.4) is 0 Å². The van der Waals surface area contributed by atoms with Gasteiger partial charge in [0.2, 0.25) is 5.95 Å². The van der Waals surface area contributed by atoms with Crippen LogP contribution in [0.25, 0.3) is 0 Å². The van der Waals surface area contributed by atoms with Crippen molar-refractivity contribution in [3.05, 3.63) is 77.0 Å². The van der Waals surface area contributed by atoms with Crippen LogP contribution in [0.2, 0.25) is 5.02 Å². The zero-order valence-corrected chi connectivity index (χ0v) is 17.6. The Morgan fingerprint density at radius 1 is 1.13 bits per heavy atom. The molecule has 4 bridgehead atoms. The third kappa shape index (κ3) is 3.68. The van der Waals surface area contributed by atoms with Gasteiger partial charge in [-0.05, 0) is 36.8 Å². The van der Waals surface area contributed by atoms with E-state index >= 15 is 0 Å². The van der Waals surface area contributed by atoms with Crippen LogP contribution >= 0.6 is 11.6 Å². The molecule has 0 aliphatic carbocycles. The molecule has 2 amide bonds. The van der Waals surface area contributed by atoms with Gasteiger partial charge in [-0.3, -0.25) is 9.80 Å². The first-order valence-corrected chi connectivity index (χ1v) is 10.3. The molecule has 0 radical (unpaired) electrons. The number of urea groups is 1. The Morgan fingerprint density at radius 2 is 2.00 bits per heavy atom. The molecule has 7 nitrogen and oxygen atoms in total. The fraction of sp³-hybridized carbons (Fsp3) is 0.174. The van der Waals surface area contributed by atoms with Gasteiger partial charge in [0, 0.05) is 30.1 Å². The summed E-state index contributed by atoms with van der Waals surface area (Å²) in [6.45, 7) is 3.04. The predicted molar refractivity (Wildman–Crippen MR) is 122 cm³/mol. The van der Waals surface area contributed by atoms with E-state index in [1.54, 1.807) is 22.1 Å². The number of amides is 2. The van der Waals surface area contributed by atoms with Crippen molar-refractivity contribution in [2.24, 2.45) is 0 Å². The number of benzene rings is 2. The Hall–Kier alpha value is -3.58. The third-order valence-corrected chi connectivity index (χ3v) is 5.54. The Labute approximate surface area is 184 Å². The first-order valence-electron chi connectivity index (χ1n) is 9.95. The number of para-hydroxylation sites is 1. The first-order chi connectivity index (χ1) is 15.1. The maximum Gasteiger partial charge on any atom is 0.330 e. The maximum atomic E-state index is 13.5. The van der Waals surface area contributed by atoms with Crippen molar-refractivity contribution in [2.75, 3.05) is 28.3 Å². The lowest BCUT2D eigenvalue weighted by atomic mass is 10.1. The first kappa shape index (κ1) is 19.4. The zero-order chi connectivity index (χ0) is 21.4. The van der Waals surface area contributed by atoms with Crippen LogP contribution in [-0.2, 0) is 6.54 Å². The van der Waals surface area contributed by atoms with E-state index in [1.165, 1.54) is 0 Å². The van der Waals surface area contributed by atoms with Gasteiger partial charge in [0.25, 0.3) is 0 Å². The van der Waals surface area contributed by atoms with Crippen molar-refractivity contribution in [3.8, 4) is 5.75 Å². The van der Waals surface area contributed by atoms with Crippen LogP contribution in [0.1, 0.15) is 11.1 Å². The van der Waals surface area contributed by atoms with E-state index < -0.39 is 0 Å². The molecule has 8 heteroatoms. The SMILES string of the molecule is Cc1cccc(Cl)c1N1Cc2cnc3nc2N(C/C=C/COc2cccc(c2)N3)C1=O. The number of ether oxygens (including phenoxy) is 1. The lowest BCUT2D eigenvalue weighted by Crippen LogP contribution is -2.48. The largest absolute Gasteiger partial charge is 0.489 e. The molecule has 1 N–H and O–H groups in total. The van der Waals surface area contributed by atoms with Crippen molar-refractivity contribution >= 4 is 40.8 Å². The third-order valence-electron chi connectivity index (χ3n) is 5.24. The second-order valence-corrected chi connectivity index (χ2v) is 7.77. The van der Waals surface area contributed by atoms with Gasteiger partial charge >= 0.3 is 6.03 Å². The molecule has 156 valence electrons. The fourth-order valence-corrected chi connectivity index (χ4v) is 4.09. The van der Waals surface area contributed by atoms with Gasteiger partial charge in [0.05, 0.1) is 17.3 Å². The number of carbonyl (C=O) groups excluding carboxylic acids is 1. The van der Waals surface area contributed by atoms with E-state index in [0.717, 1.165) is 22.6 Å². The average molecular weight is 434 g/mol. The number of halogens is 1. The summed E-state index contributed by atoms with van der Waals surface area (Å²) in [4.78, 5) is 26.0. The summed E-state index contributed by atoms with van der Waals surface area (Å²) in [7, 11) is 0. The molecular weight excluding hydrogens is 414 g/mol. The van der Waals surface area contributed by atoms with Crippen molar-refractivity contribution in [2.45, 2.75) is 13.5 Å². The number of hydrogen-bond donors (Lipinski definition) is 1. The fourth-order valence-electron chi connectivity index (χ4n) is 3.77. The van der Waals surface area contributed by atoms with Gasteiger partial charge in [-0.15, -0.1) is 0 Å². The molecule has 3 aromatic rings. The molecule has 0 atom stereocenters. The van der Waals surface area contributed by atoms with Gasteiger partial charge in [-0.25, -0.2) is 9.78 Å². The van der Waals surface area contributed by atoms with E-state index in [1.807, 2.05) is 55.5 Å². The molecule has 0 fully saturated rings. The summed E-state index contributed by atoms with van der Waals surface area (Å²) in [5, 5.41) is 3.73. The highest BCUT2D eigenvalue weighted by Gasteiger charge is 2.34. The number of aromatic nitrogens is 2. The van der Waals surface area contributed by atoms with Gasteiger partial charge in [-0.1, -0.05) is 35.9 Å². The van der Waals surface area contributed by atoms with Gasteiger partial charge < -0.3 is 10.1 Å². The van der Waals surface area contributed by atoms with E-state index in [4.69, 9.17) is 16.3 Å². The maximum absolute atomic E-state index is 13.5. The van der Waals surface area contributed by atoms with Crippen molar-refractivity contribution in [3.63, 3.8) is 0 Å². The highest BCUT2D eigenvalue weighted by atomic mass is 35.5. The topological polar surface area (TPSA) is 70.6 Å². The summed E-state index contributed by atoms with van der Waals surface area (Å²) in [6, 6.07) is 13.0. The molecule has 0 saturated heterocycles. The minimum absolute atomic E-state index is 0.186. The Bertz CT molecular complexity index is 1180. The molecule has 5 rings (SSSR count). The molecule has 31 heavy (non-hydrogen) atoms. The molecule has 0 unspecified atom stereocenters. The van der Waals surface area contributed by atoms with E-state index in [9.17, 15) is 4.79 Å². The lowest BCUT2D eigenvalue weighted by Gasteiger charge is -2.36. The van der Waals surface area contributed by atoms with Crippen LogP contribution in [0.5, 0.6) is 5.75 Å². The summed E-state index contributed by atoms with van der Waals surface area (Å²) < 4.78 is 5.78. The number of rotatable bonds is 1. The van der Waals surface area contributed by atoms with Crippen LogP contribution < -0.4 is 19.9 Å². The normalized spacial score (nSPS) is 16.4. The molecule has 2 aliphatic heterocycles. The van der Waals surface area contributed by atoms with Crippen LogP contribution in [0, 0.1) is 6.92 Å². The summed E-state index contributed by atoms with van der Waals surface area (Å²) >= 11 is 6.47. The number of carbonyl (C=O) groups is 1. The quantitative estimate of drug-likeness (QED) is 0.542. The van der Waals surface area contributed by atoms with E-state index in [2.05, 4.69) is 15.3 Å². The van der Waals surface area contributed by atoms with Crippen LogP contribution in [-0.4, -0.2) is 29.2 Å². The van der Waals surface area contributed by atoms with Gasteiger partial charge in [0.1, 0.15) is 18.2 Å². The highest BCUT2D eigenvalue weighted by molar-refractivity contribution is 6.34. The van der Waals surface area contributed by atoms with Crippen molar-refractivity contribution in [1.29, 1.82) is 0 Å². The highest BCUT2D eigenvalue weighted by Crippen LogP contribution is 2.36. The molecular formula is C23H20ClN5O2. The van der Waals surface area contributed by atoms with Gasteiger partial charge in [0.15, 0.2) is 0 Å². The molecule has 0 saturated carbocycles. The number of hydrogen-bond acceptors (Lipinski definition) is 5. The molecule has 2 aliphatic rings. The van der Waals surface area contributed by atoms with Crippen LogP contribution in [0.15, 0.2) is 60.8 Å². The zero-order valence-electron chi connectivity index (χ0n) is 16.9. The summed E-state index contributed by atoms with van der Waals surface area (Å²) in [6.07, 6.45) is 5.56. The average Bonchev–Trinajstić information content (AvgIpc) is 2.76. The van der Waals surface area contributed by atoms with Crippen LogP contribution in [0.4, 0.5) is 27.9 Å². The Kier molecular flexibility index (Phi) is 4.95. The summed E-state index contributed by atoms with van der Waals surface area (Å²) in [5.41, 5.74) is 3.28. The smallest absolute Gasteiger partial charge is 0.330 e. The van der Waals surface area contributed by atoms with Crippen molar-refractivity contribution < 1.29 is 9.53 Å². The molecule has 1 aromatic heterocycles. The predicted octanol–water partition coefficient (Wildman–Crippen LogP) is 5.08. The van der Waals surface area contributed by atoms with Gasteiger partial charge in [-0.2, -0.15) is 4.98 Å². The molecule has 0 spiro atoms. The molecule has 2 aromatic carbocycles. The number of nitrogens with one attached hydrogen (secondary N) is 1. The number of anilines is 4. The molecule has 3 heterocycles. The Morgan fingerprint density at radius 3 is 2.87 bits per heavy atom. The summed E-state index contributed by atoms with van der Waals surface area (Å²) in [5.74, 6) is 1.74. The van der Waals surface area contributed by atoms with E-state index in [0.29, 0.717) is 42.2 Å². The number of fused-ring (bicyclic) bond motifs is 3. The Balaban J connectivity index is 1.59. The minimum atomic E-state index is -0.186. The minimum Gasteiger partial charge on any atom is -0.489 e. The second-order valence-electron chi connectivity index (χ2n) is 7.36. The second kappa shape index (κ2) is 7.92. The number of nitrogens with zero attached hydrogens (tertiary/aromatic N) is 4. The van der Waals surface area contributed by atoms with Crippen molar-refractivity contribution in [1.82, 2.24) is 9.97 Å². The monoisotopic (exact) mass is 433 g/mol. The number of aryl methyl sites for hydroxylation is 1. The lowest BCUT2D eigenvalue weighted by molar-refractivity contribution is 0.250. The standard InChI is InChI=1S/C23H20ClN5O2/c1-15-6-4-9-19(24)20(15)29-14-16-13-25-22-26-17-7-5-8-18(12-17)31-11-3-2-10-28(23(29)30)21(16)27-22/h2-9,12-13H,10-11,14H2,1H3,(H,25,26,27)/b3-2+. The van der Waals surface area contributed by atoms with E-state index in [-0.39, 0.29) is 6.03 Å².